The van der Waals surface area contributed by atoms with E-state index in [0.717, 1.165) is 5.56 Å². The molecule has 2 rings (SSSR count). The number of nitrogens with two attached hydrogens (primary N) is 1. The van der Waals surface area contributed by atoms with E-state index in [0.29, 0.717) is 25.2 Å². The van der Waals surface area contributed by atoms with E-state index >= 15 is 0 Å². The van der Waals surface area contributed by atoms with Crippen molar-refractivity contribution in [1.29, 1.82) is 0 Å². The second-order valence-electron chi connectivity index (χ2n) is 4.46. The first-order valence-corrected chi connectivity index (χ1v) is 7.48. The first kappa shape index (κ1) is 13.3. The van der Waals surface area contributed by atoms with Gasteiger partial charge in [0, 0.05) is 12.0 Å². The van der Waals surface area contributed by atoms with Gasteiger partial charge in [-0.3, -0.25) is 0 Å². The predicted octanol–water partition coefficient (Wildman–Crippen LogP) is 1.76. The highest BCUT2D eigenvalue weighted by Gasteiger charge is 2.34. The quantitative estimate of drug-likeness (QED) is 0.912. The Balaban J connectivity index is 2.44. The van der Waals surface area contributed by atoms with E-state index in [1.807, 2.05) is 0 Å². The van der Waals surface area contributed by atoms with E-state index in [4.69, 9.17) is 9.88 Å². The first-order valence-electron chi connectivity index (χ1n) is 5.87. The van der Waals surface area contributed by atoms with Crippen molar-refractivity contribution in [3.63, 3.8) is 0 Å². The summed E-state index contributed by atoms with van der Waals surface area (Å²) in [5.74, 6) is -0.194. The Kier molecular flexibility index (Phi) is 3.59. The van der Waals surface area contributed by atoms with Gasteiger partial charge >= 0.3 is 0 Å². The van der Waals surface area contributed by atoms with Gasteiger partial charge < -0.3 is 4.74 Å². The van der Waals surface area contributed by atoms with Crippen LogP contribution in [-0.2, 0) is 10.0 Å². The topological polar surface area (TPSA) is 69.4 Å². The number of hydrogen-bond acceptors (Lipinski definition) is 3. The van der Waals surface area contributed by atoms with Gasteiger partial charge in [0.2, 0.25) is 10.0 Å². The number of sulfonamides is 1. The molecule has 1 aliphatic heterocycles. The summed E-state index contributed by atoms with van der Waals surface area (Å²) in [6.45, 7) is 2.17. The summed E-state index contributed by atoms with van der Waals surface area (Å²) in [6.07, 6.45) is 1.01. The van der Waals surface area contributed by atoms with E-state index in [1.54, 1.807) is 13.0 Å². The van der Waals surface area contributed by atoms with Crippen LogP contribution >= 0.6 is 0 Å². The molecule has 6 heteroatoms. The Morgan fingerprint density at radius 3 is 2.89 bits per heavy atom. The molecule has 0 fully saturated rings. The van der Waals surface area contributed by atoms with Crippen LogP contribution in [0.3, 0.4) is 0 Å². The second kappa shape index (κ2) is 4.85. The molecule has 0 bridgehead atoms. The number of ether oxygens (including phenoxy) is 1. The maximum absolute atomic E-state index is 13.1. The Hall–Kier alpha value is -1.14. The van der Waals surface area contributed by atoms with Crippen LogP contribution in [-0.4, -0.2) is 20.3 Å². The molecule has 0 aliphatic carbocycles. The zero-order valence-electron chi connectivity index (χ0n) is 10.1. The maximum atomic E-state index is 13.1. The van der Waals surface area contributed by atoms with Crippen molar-refractivity contribution in [3.05, 3.63) is 29.6 Å². The van der Waals surface area contributed by atoms with Gasteiger partial charge in [-0.25, -0.2) is 17.9 Å². The van der Waals surface area contributed by atoms with Gasteiger partial charge in [0.05, 0.1) is 11.9 Å². The minimum atomic E-state index is -3.62. The van der Waals surface area contributed by atoms with Gasteiger partial charge in [-0.15, -0.1) is 0 Å². The van der Waals surface area contributed by atoms with Crippen molar-refractivity contribution in [2.45, 2.75) is 30.9 Å². The van der Waals surface area contributed by atoms with Crippen LogP contribution in [0.4, 0.5) is 4.39 Å². The van der Waals surface area contributed by atoms with Crippen molar-refractivity contribution < 1.29 is 17.5 Å². The molecule has 0 amide bonds. The average molecular weight is 273 g/mol. The Morgan fingerprint density at radius 1 is 1.56 bits per heavy atom. The predicted molar refractivity (Wildman–Crippen MR) is 66.4 cm³/mol. The lowest BCUT2D eigenvalue weighted by Gasteiger charge is -2.30. The Labute approximate surface area is 106 Å². The Morgan fingerprint density at radius 2 is 2.28 bits per heavy atom. The summed E-state index contributed by atoms with van der Waals surface area (Å²) < 4.78 is 41.7. The molecule has 0 aromatic heterocycles. The summed E-state index contributed by atoms with van der Waals surface area (Å²) >= 11 is 0. The highest BCUT2D eigenvalue weighted by molar-refractivity contribution is 7.89. The molecular weight excluding hydrogens is 257 g/mol. The smallest absolute Gasteiger partial charge is 0.212 e. The third kappa shape index (κ3) is 2.49. The van der Waals surface area contributed by atoms with Gasteiger partial charge in [0.1, 0.15) is 11.6 Å². The molecule has 0 spiro atoms. The SMILES string of the molecule is CCC(C1CCOc2cc(F)ccc21)S(N)(=O)=O. The second-order valence-corrected chi connectivity index (χ2v) is 6.25. The molecule has 0 saturated carbocycles. The van der Waals surface area contributed by atoms with Crippen LogP contribution in [0.5, 0.6) is 5.75 Å². The maximum Gasteiger partial charge on any atom is 0.212 e. The van der Waals surface area contributed by atoms with Gasteiger partial charge in [0.15, 0.2) is 0 Å². The number of primary sulfonamides is 1. The number of fused-ring (bicyclic) bond motifs is 1. The lowest BCUT2D eigenvalue weighted by Crippen LogP contribution is -2.35. The van der Waals surface area contributed by atoms with E-state index < -0.39 is 21.1 Å². The van der Waals surface area contributed by atoms with Crippen LogP contribution < -0.4 is 9.88 Å². The van der Waals surface area contributed by atoms with Crippen LogP contribution in [0.25, 0.3) is 0 Å². The van der Waals surface area contributed by atoms with Crippen LogP contribution in [0, 0.1) is 5.82 Å². The van der Waals surface area contributed by atoms with Crippen molar-refractivity contribution in [2.24, 2.45) is 5.14 Å². The number of hydrogen-bond donors (Lipinski definition) is 1. The van der Waals surface area contributed by atoms with Gasteiger partial charge in [-0.05, 0) is 24.5 Å². The fourth-order valence-electron chi connectivity index (χ4n) is 2.52. The number of benzene rings is 1. The first-order chi connectivity index (χ1) is 8.43. The molecule has 1 aromatic rings. The standard InChI is InChI=1S/C12H16FNO3S/c1-2-12(18(14,15)16)10-5-6-17-11-7-8(13)3-4-9(10)11/h3-4,7,10,12H,2,5-6H2,1H3,(H2,14,15,16). The van der Waals surface area contributed by atoms with Crippen molar-refractivity contribution >= 4 is 10.0 Å². The summed E-state index contributed by atoms with van der Waals surface area (Å²) in [4.78, 5) is 0. The number of halogens is 1. The summed E-state index contributed by atoms with van der Waals surface area (Å²) in [6, 6.07) is 4.19. The van der Waals surface area contributed by atoms with Crippen molar-refractivity contribution in [3.8, 4) is 5.75 Å². The lowest BCUT2D eigenvalue weighted by atomic mass is 9.89. The van der Waals surface area contributed by atoms with Crippen LogP contribution in [0.2, 0.25) is 0 Å². The van der Waals surface area contributed by atoms with Gasteiger partial charge in [-0.2, -0.15) is 0 Å². The minimum absolute atomic E-state index is 0.227. The minimum Gasteiger partial charge on any atom is -0.493 e. The summed E-state index contributed by atoms with van der Waals surface area (Å²) in [7, 11) is -3.62. The molecule has 2 N–H and O–H groups in total. The molecule has 0 radical (unpaired) electrons. The van der Waals surface area contributed by atoms with Crippen LogP contribution in [0.15, 0.2) is 18.2 Å². The van der Waals surface area contributed by atoms with E-state index in [2.05, 4.69) is 0 Å². The highest BCUT2D eigenvalue weighted by Crippen LogP contribution is 2.38. The van der Waals surface area contributed by atoms with Crippen molar-refractivity contribution in [1.82, 2.24) is 0 Å². The molecule has 100 valence electrons. The molecular formula is C12H16FNO3S. The average Bonchev–Trinajstić information content (AvgIpc) is 2.27. The molecule has 2 unspecified atom stereocenters. The third-order valence-electron chi connectivity index (χ3n) is 3.33. The molecule has 1 aromatic carbocycles. The molecule has 4 nitrogen and oxygen atoms in total. The summed E-state index contributed by atoms with van der Waals surface area (Å²) in [5.41, 5.74) is 0.725. The Bertz CT molecular complexity index is 544. The molecule has 2 atom stereocenters. The normalized spacial score (nSPS) is 20.9. The zero-order valence-corrected chi connectivity index (χ0v) is 10.9. The lowest BCUT2D eigenvalue weighted by molar-refractivity contribution is 0.261. The van der Waals surface area contributed by atoms with Crippen molar-refractivity contribution in [2.75, 3.05) is 6.61 Å². The van der Waals surface area contributed by atoms with E-state index in [-0.39, 0.29) is 5.92 Å². The third-order valence-corrected chi connectivity index (χ3v) is 4.84. The zero-order chi connectivity index (χ0) is 13.3. The fourth-order valence-corrected chi connectivity index (χ4v) is 3.73. The molecule has 0 saturated heterocycles. The molecule has 1 aliphatic rings. The van der Waals surface area contributed by atoms with E-state index in [1.165, 1.54) is 12.1 Å². The fraction of sp³-hybridized carbons (Fsp3) is 0.500. The van der Waals surface area contributed by atoms with Crippen LogP contribution in [0.1, 0.15) is 31.2 Å². The summed E-state index contributed by atoms with van der Waals surface area (Å²) in [5, 5.41) is 4.62. The number of rotatable bonds is 3. The van der Waals surface area contributed by atoms with E-state index in [9.17, 15) is 12.8 Å². The largest absolute Gasteiger partial charge is 0.493 e. The molecule has 18 heavy (non-hydrogen) atoms. The van der Waals surface area contributed by atoms with Gasteiger partial charge in [-0.1, -0.05) is 13.0 Å². The monoisotopic (exact) mass is 273 g/mol. The molecule has 1 heterocycles. The highest BCUT2D eigenvalue weighted by atomic mass is 32.2. The van der Waals surface area contributed by atoms with Gasteiger partial charge in [0.25, 0.3) is 0 Å².